The summed E-state index contributed by atoms with van der Waals surface area (Å²) in [5.74, 6) is 0.636. The van der Waals surface area contributed by atoms with Gasteiger partial charge in [0.15, 0.2) is 0 Å². The highest BCUT2D eigenvalue weighted by Gasteiger charge is 2.37. The van der Waals surface area contributed by atoms with E-state index in [1.165, 1.54) is 25.0 Å². The number of nitrogens with zero attached hydrogens (tertiary/aromatic N) is 2. The maximum Gasteiger partial charge on any atom is 0.321 e. The highest BCUT2D eigenvalue weighted by molar-refractivity contribution is 5.89. The minimum absolute atomic E-state index is 0.106. The third-order valence-electron chi connectivity index (χ3n) is 6.51. The molecule has 2 atom stereocenters. The third-order valence-corrected chi connectivity index (χ3v) is 6.51. The number of carbonyl (C=O) groups excluding carboxylic acids is 2. The molecule has 7 heteroatoms. The van der Waals surface area contributed by atoms with Crippen molar-refractivity contribution in [3.8, 4) is 0 Å². The standard InChI is InChI=1S/C23H35FN4O2/c1-3-17(2)16-25-22(29)21(18-7-4-5-8-18)27-11-13-28(14-12-27)23(30)26-20-10-6-9-19(24)15-20/h6,9-10,15,17-18,21H,3-5,7-8,11-14,16H2,1-2H3,(H,25,29)(H,26,30)/t17-,21+/m0/s1. The monoisotopic (exact) mass is 418 g/mol. The molecule has 30 heavy (non-hydrogen) atoms. The molecule has 1 aromatic carbocycles. The van der Waals surface area contributed by atoms with Crippen molar-refractivity contribution in [1.29, 1.82) is 0 Å². The van der Waals surface area contributed by atoms with Gasteiger partial charge in [-0.2, -0.15) is 0 Å². The SMILES string of the molecule is CC[C@H](C)CNC(=O)[C@@H](C1CCCC1)N1CCN(C(=O)Nc2cccc(F)c2)CC1. The first kappa shape index (κ1) is 22.5. The van der Waals surface area contributed by atoms with Crippen molar-refractivity contribution in [2.45, 2.75) is 52.0 Å². The first-order valence-corrected chi connectivity index (χ1v) is 11.3. The Morgan fingerprint density at radius 1 is 1.17 bits per heavy atom. The second-order valence-electron chi connectivity index (χ2n) is 8.71. The Morgan fingerprint density at radius 2 is 1.87 bits per heavy atom. The van der Waals surface area contributed by atoms with Gasteiger partial charge < -0.3 is 15.5 Å². The van der Waals surface area contributed by atoms with E-state index in [2.05, 4.69) is 29.4 Å². The summed E-state index contributed by atoms with van der Waals surface area (Å²) in [6.45, 7) is 7.48. The van der Waals surface area contributed by atoms with Crippen molar-refractivity contribution in [2.75, 3.05) is 38.0 Å². The summed E-state index contributed by atoms with van der Waals surface area (Å²) in [5, 5.41) is 5.93. The van der Waals surface area contributed by atoms with Gasteiger partial charge in [0.25, 0.3) is 0 Å². The number of nitrogens with one attached hydrogen (secondary N) is 2. The number of carbonyl (C=O) groups is 2. The molecule has 1 aliphatic carbocycles. The number of rotatable bonds is 7. The van der Waals surface area contributed by atoms with Crippen LogP contribution in [-0.2, 0) is 4.79 Å². The number of piperazine rings is 1. The predicted molar refractivity (Wildman–Crippen MR) is 117 cm³/mol. The summed E-state index contributed by atoms with van der Waals surface area (Å²) in [6, 6.07) is 5.58. The minimum Gasteiger partial charge on any atom is -0.354 e. The molecular weight excluding hydrogens is 383 g/mol. The fourth-order valence-electron chi connectivity index (χ4n) is 4.45. The molecule has 1 heterocycles. The number of hydrogen-bond acceptors (Lipinski definition) is 3. The molecule has 3 amide bonds. The second-order valence-corrected chi connectivity index (χ2v) is 8.71. The van der Waals surface area contributed by atoms with Crippen LogP contribution in [0, 0.1) is 17.7 Å². The van der Waals surface area contributed by atoms with Gasteiger partial charge in [-0.3, -0.25) is 9.69 Å². The Bertz CT molecular complexity index is 715. The van der Waals surface area contributed by atoms with Crippen LogP contribution in [0.5, 0.6) is 0 Å². The maximum absolute atomic E-state index is 13.3. The van der Waals surface area contributed by atoms with E-state index in [4.69, 9.17) is 0 Å². The zero-order chi connectivity index (χ0) is 21.5. The molecule has 1 saturated heterocycles. The number of anilines is 1. The quantitative estimate of drug-likeness (QED) is 0.710. The van der Waals surface area contributed by atoms with E-state index in [0.29, 0.717) is 50.2 Å². The molecule has 2 aliphatic rings. The van der Waals surface area contributed by atoms with Crippen LogP contribution in [-0.4, -0.2) is 60.5 Å². The zero-order valence-electron chi connectivity index (χ0n) is 18.2. The van der Waals surface area contributed by atoms with Gasteiger partial charge in [0.1, 0.15) is 5.82 Å². The molecule has 0 radical (unpaired) electrons. The highest BCUT2D eigenvalue weighted by atomic mass is 19.1. The normalized spacial score (nSPS) is 20.0. The summed E-state index contributed by atoms with van der Waals surface area (Å²) in [4.78, 5) is 29.6. The fourth-order valence-corrected chi connectivity index (χ4v) is 4.45. The lowest BCUT2D eigenvalue weighted by Crippen LogP contribution is -2.58. The van der Waals surface area contributed by atoms with Crippen molar-refractivity contribution < 1.29 is 14.0 Å². The van der Waals surface area contributed by atoms with Gasteiger partial charge in [0.2, 0.25) is 5.91 Å². The summed E-state index contributed by atoms with van der Waals surface area (Å²) in [7, 11) is 0. The van der Waals surface area contributed by atoms with Crippen molar-refractivity contribution in [2.24, 2.45) is 11.8 Å². The Balaban J connectivity index is 1.56. The van der Waals surface area contributed by atoms with E-state index in [1.807, 2.05) is 0 Å². The smallest absolute Gasteiger partial charge is 0.321 e. The van der Waals surface area contributed by atoms with Crippen LogP contribution >= 0.6 is 0 Å². The third kappa shape index (κ3) is 5.94. The van der Waals surface area contributed by atoms with Crippen LogP contribution in [0.25, 0.3) is 0 Å². The molecule has 6 nitrogen and oxygen atoms in total. The van der Waals surface area contributed by atoms with Crippen LogP contribution in [0.3, 0.4) is 0 Å². The predicted octanol–water partition coefficient (Wildman–Crippen LogP) is 3.70. The first-order valence-electron chi connectivity index (χ1n) is 11.3. The van der Waals surface area contributed by atoms with Gasteiger partial charge in [-0.25, -0.2) is 9.18 Å². The number of benzene rings is 1. The Hall–Kier alpha value is -2.15. The topological polar surface area (TPSA) is 64.7 Å². The molecule has 2 N–H and O–H groups in total. The van der Waals surface area contributed by atoms with Crippen molar-refractivity contribution in [3.63, 3.8) is 0 Å². The fraction of sp³-hybridized carbons (Fsp3) is 0.652. The number of amides is 3. The van der Waals surface area contributed by atoms with E-state index < -0.39 is 0 Å². The van der Waals surface area contributed by atoms with Crippen LogP contribution in [0.4, 0.5) is 14.9 Å². The highest BCUT2D eigenvalue weighted by Crippen LogP contribution is 2.31. The molecule has 0 bridgehead atoms. The summed E-state index contributed by atoms with van der Waals surface area (Å²) < 4.78 is 13.3. The van der Waals surface area contributed by atoms with E-state index in [-0.39, 0.29) is 23.8 Å². The van der Waals surface area contributed by atoms with Crippen LogP contribution in [0.15, 0.2) is 24.3 Å². The zero-order valence-corrected chi connectivity index (χ0v) is 18.2. The molecule has 1 saturated carbocycles. The van der Waals surface area contributed by atoms with Crippen molar-refractivity contribution in [1.82, 2.24) is 15.1 Å². The molecule has 1 aromatic rings. The first-order chi connectivity index (χ1) is 14.5. The van der Waals surface area contributed by atoms with Crippen molar-refractivity contribution in [3.05, 3.63) is 30.1 Å². The number of halogens is 1. The van der Waals surface area contributed by atoms with E-state index in [1.54, 1.807) is 17.0 Å². The Morgan fingerprint density at radius 3 is 2.50 bits per heavy atom. The lowest BCUT2D eigenvalue weighted by molar-refractivity contribution is -0.129. The molecule has 2 fully saturated rings. The molecule has 0 unspecified atom stereocenters. The number of urea groups is 1. The lowest BCUT2D eigenvalue weighted by Gasteiger charge is -2.40. The molecule has 166 valence electrons. The van der Waals surface area contributed by atoms with Crippen LogP contribution in [0.1, 0.15) is 46.0 Å². The van der Waals surface area contributed by atoms with Gasteiger partial charge in [-0.05, 0) is 42.9 Å². The van der Waals surface area contributed by atoms with Crippen LogP contribution in [0.2, 0.25) is 0 Å². The summed E-state index contributed by atoms with van der Waals surface area (Å²) >= 11 is 0. The second kappa shape index (κ2) is 10.8. The molecule has 1 aliphatic heterocycles. The van der Waals surface area contributed by atoms with E-state index >= 15 is 0 Å². The van der Waals surface area contributed by atoms with Crippen LogP contribution < -0.4 is 10.6 Å². The van der Waals surface area contributed by atoms with Gasteiger partial charge in [-0.1, -0.05) is 39.2 Å². The lowest BCUT2D eigenvalue weighted by atomic mass is 9.94. The number of hydrogen-bond donors (Lipinski definition) is 2. The van der Waals surface area contributed by atoms with Gasteiger partial charge in [0.05, 0.1) is 6.04 Å². The Kier molecular flexibility index (Phi) is 8.08. The van der Waals surface area contributed by atoms with Gasteiger partial charge in [0, 0.05) is 38.4 Å². The molecule has 0 spiro atoms. The maximum atomic E-state index is 13.3. The van der Waals surface area contributed by atoms with Gasteiger partial charge >= 0.3 is 6.03 Å². The minimum atomic E-state index is -0.375. The van der Waals surface area contributed by atoms with E-state index in [9.17, 15) is 14.0 Å². The Labute approximate surface area is 179 Å². The van der Waals surface area contributed by atoms with Gasteiger partial charge in [-0.15, -0.1) is 0 Å². The summed E-state index contributed by atoms with van der Waals surface area (Å²) in [5.41, 5.74) is 0.454. The average Bonchev–Trinajstić information content (AvgIpc) is 3.27. The molecule has 3 rings (SSSR count). The van der Waals surface area contributed by atoms with Crippen molar-refractivity contribution >= 4 is 17.6 Å². The largest absolute Gasteiger partial charge is 0.354 e. The molecular formula is C23H35FN4O2. The van der Waals surface area contributed by atoms with E-state index in [0.717, 1.165) is 19.3 Å². The average molecular weight is 419 g/mol. The summed E-state index contributed by atoms with van der Waals surface area (Å²) in [6.07, 6.45) is 5.63. The molecule has 0 aromatic heterocycles.